The number of rotatable bonds is 7. The second-order valence-electron chi connectivity index (χ2n) is 5.17. The Morgan fingerprint density at radius 3 is 2.95 bits per heavy atom. The van der Waals surface area contributed by atoms with Crippen LogP contribution in [0.2, 0.25) is 0 Å². The summed E-state index contributed by atoms with van der Waals surface area (Å²) >= 11 is 0. The zero-order valence-corrected chi connectivity index (χ0v) is 12.2. The SMILES string of the molecule is CNC1CCCCc2cn(CCOCCOC)cc21. The third kappa shape index (κ3) is 4.06. The summed E-state index contributed by atoms with van der Waals surface area (Å²) in [6.45, 7) is 3.02. The number of nitrogens with one attached hydrogen (secondary N) is 1. The second-order valence-corrected chi connectivity index (χ2v) is 5.17. The van der Waals surface area contributed by atoms with Gasteiger partial charge < -0.3 is 19.4 Å². The number of methoxy groups -OCH3 is 1. The number of fused-ring (bicyclic) bond motifs is 1. The first-order chi connectivity index (χ1) is 9.35. The summed E-state index contributed by atoms with van der Waals surface area (Å²) in [7, 11) is 3.76. The lowest BCUT2D eigenvalue weighted by molar-refractivity contribution is 0.0666. The van der Waals surface area contributed by atoms with Crippen LogP contribution in [0.1, 0.15) is 36.4 Å². The van der Waals surface area contributed by atoms with E-state index in [0.717, 1.165) is 13.2 Å². The zero-order chi connectivity index (χ0) is 13.5. The van der Waals surface area contributed by atoms with Crippen LogP contribution < -0.4 is 5.32 Å². The van der Waals surface area contributed by atoms with E-state index in [4.69, 9.17) is 9.47 Å². The van der Waals surface area contributed by atoms with Gasteiger partial charge >= 0.3 is 0 Å². The predicted octanol–water partition coefficient (Wildman–Crippen LogP) is 2.14. The molecule has 0 spiro atoms. The first-order valence-electron chi connectivity index (χ1n) is 7.27. The van der Waals surface area contributed by atoms with Gasteiger partial charge in [0.2, 0.25) is 0 Å². The van der Waals surface area contributed by atoms with E-state index in [1.165, 1.54) is 36.8 Å². The first kappa shape index (κ1) is 14.6. The molecule has 1 N–H and O–H groups in total. The average Bonchev–Trinajstić information content (AvgIpc) is 2.72. The van der Waals surface area contributed by atoms with Crippen LogP contribution in [0.5, 0.6) is 0 Å². The fraction of sp³-hybridized carbons (Fsp3) is 0.733. The Hall–Kier alpha value is -0.840. The van der Waals surface area contributed by atoms with Crippen molar-refractivity contribution in [1.29, 1.82) is 0 Å². The molecule has 1 aliphatic rings. The summed E-state index contributed by atoms with van der Waals surface area (Å²) < 4.78 is 12.8. The molecule has 1 aliphatic carbocycles. The normalized spacial score (nSPS) is 19.2. The number of aromatic nitrogens is 1. The monoisotopic (exact) mass is 266 g/mol. The summed E-state index contributed by atoms with van der Waals surface area (Å²) in [6, 6.07) is 0.521. The van der Waals surface area contributed by atoms with Gasteiger partial charge in [0.1, 0.15) is 0 Å². The summed E-state index contributed by atoms with van der Waals surface area (Å²) in [5, 5.41) is 3.44. The predicted molar refractivity (Wildman–Crippen MR) is 76.5 cm³/mol. The van der Waals surface area contributed by atoms with Gasteiger partial charge in [0.25, 0.3) is 0 Å². The number of hydrogen-bond donors (Lipinski definition) is 1. The van der Waals surface area contributed by atoms with Gasteiger partial charge in [-0.15, -0.1) is 0 Å². The average molecular weight is 266 g/mol. The van der Waals surface area contributed by atoms with Gasteiger partial charge in [-0.05, 0) is 37.4 Å². The third-order valence-corrected chi connectivity index (χ3v) is 3.84. The highest BCUT2D eigenvalue weighted by Crippen LogP contribution is 2.29. The van der Waals surface area contributed by atoms with Crippen LogP contribution >= 0.6 is 0 Å². The lowest BCUT2D eigenvalue weighted by atomic mass is 10.1. The standard InChI is InChI=1S/C15H26N2O2/c1-16-15-6-4-3-5-13-11-17(12-14(13)15)7-8-19-10-9-18-2/h11-12,15-16H,3-10H2,1-2H3. The maximum Gasteiger partial charge on any atom is 0.0701 e. The molecule has 4 heteroatoms. The van der Waals surface area contributed by atoms with Crippen molar-refractivity contribution in [3.8, 4) is 0 Å². The molecule has 0 radical (unpaired) electrons. The maximum absolute atomic E-state index is 5.53. The minimum absolute atomic E-state index is 0.521. The Balaban J connectivity index is 1.89. The molecule has 0 aromatic carbocycles. The van der Waals surface area contributed by atoms with Gasteiger partial charge in [0.15, 0.2) is 0 Å². The lowest BCUT2D eigenvalue weighted by Crippen LogP contribution is -2.15. The van der Waals surface area contributed by atoms with Crippen molar-refractivity contribution in [2.24, 2.45) is 0 Å². The van der Waals surface area contributed by atoms with Gasteiger partial charge in [-0.1, -0.05) is 6.42 Å². The quantitative estimate of drug-likeness (QED) is 0.606. The Bertz CT molecular complexity index is 376. The fourth-order valence-electron chi connectivity index (χ4n) is 2.76. The molecule has 0 aliphatic heterocycles. The van der Waals surface area contributed by atoms with E-state index in [0.29, 0.717) is 19.3 Å². The molecule has 4 nitrogen and oxygen atoms in total. The Labute approximate surface area is 116 Å². The van der Waals surface area contributed by atoms with E-state index in [2.05, 4.69) is 29.3 Å². The summed E-state index contributed by atoms with van der Waals surface area (Å²) in [5.41, 5.74) is 2.99. The molecule has 1 heterocycles. The lowest BCUT2D eigenvalue weighted by Gasteiger charge is -2.13. The minimum atomic E-state index is 0.521. The molecule has 1 aromatic rings. The van der Waals surface area contributed by atoms with E-state index in [1.807, 2.05) is 0 Å². The van der Waals surface area contributed by atoms with Crippen molar-refractivity contribution in [2.75, 3.05) is 34.0 Å². The highest BCUT2D eigenvalue weighted by Gasteiger charge is 2.18. The molecule has 0 saturated heterocycles. The van der Waals surface area contributed by atoms with E-state index >= 15 is 0 Å². The smallest absolute Gasteiger partial charge is 0.0701 e. The molecule has 1 atom stereocenters. The van der Waals surface area contributed by atoms with Crippen LogP contribution in [0.3, 0.4) is 0 Å². The minimum Gasteiger partial charge on any atom is -0.382 e. The number of nitrogens with zero attached hydrogens (tertiary/aromatic N) is 1. The van der Waals surface area contributed by atoms with Crippen LogP contribution in [-0.2, 0) is 22.4 Å². The highest BCUT2D eigenvalue weighted by atomic mass is 16.5. The first-order valence-corrected chi connectivity index (χ1v) is 7.27. The molecular weight excluding hydrogens is 240 g/mol. The summed E-state index contributed by atoms with van der Waals surface area (Å²) in [4.78, 5) is 0. The molecule has 1 unspecified atom stereocenters. The molecule has 1 aromatic heterocycles. The molecular formula is C15H26N2O2. The van der Waals surface area contributed by atoms with Crippen LogP contribution in [-0.4, -0.2) is 38.5 Å². The maximum atomic E-state index is 5.53. The highest BCUT2D eigenvalue weighted by molar-refractivity contribution is 5.29. The molecule has 19 heavy (non-hydrogen) atoms. The Kier molecular flexibility index (Phi) is 5.89. The van der Waals surface area contributed by atoms with E-state index < -0.39 is 0 Å². The Morgan fingerprint density at radius 2 is 2.16 bits per heavy atom. The number of ether oxygens (including phenoxy) is 2. The van der Waals surface area contributed by atoms with Crippen molar-refractivity contribution in [2.45, 2.75) is 38.3 Å². The van der Waals surface area contributed by atoms with Crippen LogP contribution in [0, 0.1) is 0 Å². The molecule has 108 valence electrons. The van der Waals surface area contributed by atoms with E-state index in [-0.39, 0.29) is 0 Å². The van der Waals surface area contributed by atoms with Crippen molar-refractivity contribution >= 4 is 0 Å². The topological polar surface area (TPSA) is 35.4 Å². The van der Waals surface area contributed by atoms with Crippen molar-refractivity contribution in [3.63, 3.8) is 0 Å². The number of aryl methyl sites for hydroxylation is 1. The molecule has 0 amide bonds. The van der Waals surface area contributed by atoms with Gasteiger partial charge in [-0.25, -0.2) is 0 Å². The molecule has 0 fully saturated rings. The van der Waals surface area contributed by atoms with Crippen molar-refractivity contribution < 1.29 is 9.47 Å². The van der Waals surface area contributed by atoms with Gasteiger partial charge in [0, 0.05) is 32.1 Å². The molecule has 0 saturated carbocycles. The summed E-state index contributed by atoms with van der Waals surface area (Å²) in [6.07, 6.45) is 9.68. The van der Waals surface area contributed by atoms with Crippen LogP contribution in [0.15, 0.2) is 12.4 Å². The van der Waals surface area contributed by atoms with Crippen LogP contribution in [0.25, 0.3) is 0 Å². The van der Waals surface area contributed by atoms with Gasteiger partial charge in [-0.3, -0.25) is 0 Å². The van der Waals surface area contributed by atoms with Gasteiger partial charge in [0.05, 0.1) is 19.8 Å². The van der Waals surface area contributed by atoms with Crippen molar-refractivity contribution in [1.82, 2.24) is 9.88 Å². The largest absolute Gasteiger partial charge is 0.382 e. The van der Waals surface area contributed by atoms with Gasteiger partial charge in [-0.2, -0.15) is 0 Å². The third-order valence-electron chi connectivity index (χ3n) is 3.84. The fourth-order valence-corrected chi connectivity index (χ4v) is 2.76. The number of hydrogen-bond acceptors (Lipinski definition) is 3. The Morgan fingerprint density at radius 1 is 1.26 bits per heavy atom. The molecule has 0 bridgehead atoms. The second kappa shape index (κ2) is 7.68. The summed E-state index contributed by atoms with van der Waals surface area (Å²) in [5.74, 6) is 0. The zero-order valence-electron chi connectivity index (χ0n) is 12.2. The van der Waals surface area contributed by atoms with E-state index in [9.17, 15) is 0 Å². The van der Waals surface area contributed by atoms with E-state index in [1.54, 1.807) is 7.11 Å². The van der Waals surface area contributed by atoms with Crippen LogP contribution in [0.4, 0.5) is 0 Å². The van der Waals surface area contributed by atoms with Crippen molar-refractivity contribution in [3.05, 3.63) is 23.5 Å². The molecule has 2 rings (SSSR count).